The van der Waals surface area contributed by atoms with Crippen molar-refractivity contribution in [2.45, 2.75) is 31.8 Å². The molecule has 0 saturated carbocycles. The van der Waals surface area contributed by atoms with Gasteiger partial charge >= 0.3 is 0 Å². The van der Waals surface area contributed by atoms with Crippen molar-refractivity contribution < 1.29 is 28.7 Å². The Balaban J connectivity index is 4.11. The second kappa shape index (κ2) is 10.4. The molecule has 2 atom stereocenters. The Kier molecular flexibility index (Phi) is 9.57. The predicted octanol–water partition coefficient (Wildman–Crippen LogP) is 0.0743. The summed E-state index contributed by atoms with van der Waals surface area (Å²) in [7, 11) is 18.5. The second-order valence-corrected chi connectivity index (χ2v) is 7.83. The summed E-state index contributed by atoms with van der Waals surface area (Å²) < 4.78 is 18.4. The number of hydrogen-bond acceptors (Lipinski definition) is 12. The highest BCUT2D eigenvalue weighted by Gasteiger charge is 2.76. The molecule has 1 rings (SSSR count). The van der Waals surface area contributed by atoms with Crippen LogP contribution in [0.4, 0.5) is 0 Å². The first-order valence-electron chi connectivity index (χ1n) is 9.74. The van der Waals surface area contributed by atoms with Gasteiger partial charge in [0.1, 0.15) is 0 Å². The number of hydroxylamine groups is 6. The van der Waals surface area contributed by atoms with Crippen molar-refractivity contribution in [3.8, 4) is 0 Å². The Morgan fingerprint density at radius 1 is 0.600 bits per heavy atom. The Hall–Kier alpha value is -0.480. The Morgan fingerprint density at radius 2 is 0.900 bits per heavy atom. The molecule has 0 bridgehead atoms. The highest BCUT2D eigenvalue weighted by atomic mass is 16.9. The predicted molar refractivity (Wildman–Crippen MR) is 111 cm³/mol. The summed E-state index contributed by atoms with van der Waals surface area (Å²) in [5.74, 6) is -4.02. The number of nitrogens with zero attached hydrogens (tertiary/aromatic N) is 6. The van der Waals surface area contributed by atoms with Gasteiger partial charge in [-0.1, -0.05) is 29.0 Å². The zero-order valence-electron chi connectivity index (χ0n) is 20.9. The molecule has 0 aromatic heterocycles. The lowest BCUT2D eigenvalue weighted by Gasteiger charge is -2.69. The van der Waals surface area contributed by atoms with Crippen LogP contribution in [0, 0.1) is 5.92 Å². The minimum Gasteiger partial charge on any atom is -0.334 e. The van der Waals surface area contributed by atoms with Crippen LogP contribution in [0.3, 0.4) is 0 Å². The molecule has 30 heavy (non-hydrogen) atoms. The molecule has 1 heterocycles. The van der Waals surface area contributed by atoms with E-state index in [9.17, 15) is 0 Å². The van der Waals surface area contributed by atoms with Gasteiger partial charge in [0.2, 0.25) is 0 Å². The molecule has 0 radical (unpaired) electrons. The largest absolute Gasteiger partial charge is 0.334 e. The lowest BCUT2D eigenvalue weighted by atomic mass is 10.2. The van der Waals surface area contributed by atoms with E-state index >= 15 is 0 Å². The second-order valence-electron chi connectivity index (χ2n) is 7.83. The SMILES string of the molecule is CON1C(OC)(N(C)C)N(OC)C(OC)(N(C)CC(C)C)N(OC)C1(OC)N(C)C. The van der Waals surface area contributed by atoms with Crippen molar-refractivity contribution in [1.29, 1.82) is 0 Å². The van der Waals surface area contributed by atoms with Gasteiger partial charge < -0.3 is 14.2 Å². The molecule has 0 aliphatic carbocycles. The maximum absolute atomic E-state index is 6.19. The molecule has 12 nitrogen and oxygen atoms in total. The third-order valence-corrected chi connectivity index (χ3v) is 5.26. The summed E-state index contributed by atoms with van der Waals surface area (Å²) in [4.78, 5) is 23.3. The Labute approximate surface area is 181 Å². The maximum atomic E-state index is 6.19. The molecule has 2 unspecified atom stereocenters. The summed E-state index contributed by atoms with van der Waals surface area (Å²) in [6.07, 6.45) is 0. The Bertz CT molecular complexity index is 509. The summed E-state index contributed by atoms with van der Waals surface area (Å²) >= 11 is 0. The smallest absolute Gasteiger partial charge is 0.297 e. The van der Waals surface area contributed by atoms with Gasteiger partial charge in [-0.3, -0.25) is 24.3 Å². The molecular weight excluding hydrogens is 396 g/mol. The third-order valence-electron chi connectivity index (χ3n) is 5.26. The van der Waals surface area contributed by atoms with Crippen LogP contribution in [0.1, 0.15) is 13.8 Å². The van der Waals surface area contributed by atoms with E-state index in [1.165, 1.54) is 36.5 Å². The first-order chi connectivity index (χ1) is 14.0. The summed E-state index contributed by atoms with van der Waals surface area (Å²) in [5, 5.41) is 4.54. The van der Waals surface area contributed by atoms with Crippen molar-refractivity contribution >= 4 is 0 Å². The lowest BCUT2D eigenvalue weighted by molar-refractivity contribution is -0.668. The monoisotopic (exact) mass is 438 g/mol. The fraction of sp³-hybridized carbons (Fsp3) is 1.00. The van der Waals surface area contributed by atoms with Gasteiger partial charge in [0.15, 0.2) is 0 Å². The van der Waals surface area contributed by atoms with E-state index in [-0.39, 0.29) is 0 Å². The van der Waals surface area contributed by atoms with Crippen molar-refractivity contribution in [3.05, 3.63) is 0 Å². The van der Waals surface area contributed by atoms with Gasteiger partial charge in [0, 0.05) is 27.9 Å². The van der Waals surface area contributed by atoms with E-state index in [1.807, 2.05) is 40.1 Å². The van der Waals surface area contributed by atoms with Crippen LogP contribution in [0.5, 0.6) is 0 Å². The van der Waals surface area contributed by atoms with Gasteiger partial charge in [-0.25, -0.2) is 4.90 Å². The molecule has 0 amide bonds. The molecular formula is C18H42N6O6. The van der Waals surface area contributed by atoms with Crippen molar-refractivity contribution in [1.82, 2.24) is 29.9 Å². The molecule has 12 heteroatoms. The molecule has 1 saturated heterocycles. The van der Waals surface area contributed by atoms with E-state index in [4.69, 9.17) is 28.7 Å². The van der Waals surface area contributed by atoms with E-state index < -0.39 is 17.9 Å². The quantitative estimate of drug-likeness (QED) is 0.410. The minimum absolute atomic E-state index is 0.312. The first kappa shape index (κ1) is 27.6. The van der Waals surface area contributed by atoms with Crippen LogP contribution in [0.2, 0.25) is 0 Å². The van der Waals surface area contributed by atoms with Gasteiger partial charge in [-0.15, -0.1) is 0 Å². The van der Waals surface area contributed by atoms with E-state index in [0.29, 0.717) is 12.5 Å². The molecule has 0 aromatic rings. The number of methoxy groups -OCH3 is 3. The highest BCUT2D eigenvalue weighted by molar-refractivity contribution is 4.95. The van der Waals surface area contributed by atoms with Crippen LogP contribution >= 0.6 is 0 Å². The molecule has 1 aliphatic heterocycles. The summed E-state index contributed by atoms with van der Waals surface area (Å²) in [6, 6.07) is 0. The number of hydrogen-bond donors (Lipinski definition) is 0. The topological polar surface area (TPSA) is 74.8 Å². The normalized spacial score (nSPS) is 32.3. The van der Waals surface area contributed by atoms with E-state index in [1.54, 1.807) is 31.1 Å². The lowest BCUT2D eigenvalue weighted by Crippen LogP contribution is -2.94. The average molecular weight is 439 g/mol. The van der Waals surface area contributed by atoms with E-state index in [2.05, 4.69) is 13.8 Å². The van der Waals surface area contributed by atoms with E-state index in [0.717, 1.165) is 0 Å². The maximum Gasteiger partial charge on any atom is 0.297 e. The fourth-order valence-electron chi connectivity index (χ4n) is 4.25. The zero-order chi connectivity index (χ0) is 23.5. The van der Waals surface area contributed by atoms with Crippen molar-refractivity contribution in [3.63, 3.8) is 0 Å². The van der Waals surface area contributed by atoms with Gasteiger partial charge in [0.05, 0.1) is 21.3 Å². The van der Waals surface area contributed by atoms with Gasteiger partial charge in [0.25, 0.3) is 17.9 Å². The zero-order valence-corrected chi connectivity index (χ0v) is 20.9. The fourth-order valence-corrected chi connectivity index (χ4v) is 4.25. The average Bonchev–Trinajstić information content (AvgIpc) is 2.69. The van der Waals surface area contributed by atoms with Crippen LogP contribution in [0.25, 0.3) is 0 Å². The molecule has 0 N–H and O–H groups in total. The molecule has 180 valence electrons. The van der Waals surface area contributed by atoms with Crippen molar-refractivity contribution in [2.75, 3.05) is 84.4 Å². The van der Waals surface area contributed by atoms with Gasteiger partial charge in [-0.2, -0.15) is 0 Å². The standard InChI is InChI=1S/C18H42N6O6/c1-15(2)14-21(7)18(27-10)23(29-12)16(25-8,19(3)4)22(28-11)17(26-9,20(5)6)24(18)30-13/h15H,14H2,1-13H3. The van der Waals surface area contributed by atoms with Crippen LogP contribution in [0.15, 0.2) is 0 Å². The van der Waals surface area contributed by atoms with Crippen LogP contribution < -0.4 is 0 Å². The first-order valence-corrected chi connectivity index (χ1v) is 9.74. The van der Waals surface area contributed by atoms with Crippen molar-refractivity contribution in [2.24, 2.45) is 5.92 Å². The van der Waals surface area contributed by atoms with Gasteiger partial charge in [-0.05, 0) is 41.2 Å². The minimum atomic E-state index is -1.44. The molecule has 0 spiro atoms. The molecule has 1 aliphatic rings. The molecule has 1 fully saturated rings. The van der Waals surface area contributed by atoms with Crippen LogP contribution in [-0.4, -0.2) is 132 Å². The Morgan fingerprint density at radius 3 is 1.10 bits per heavy atom. The highest BCUT2D eigenvalue weighted by Crippen LogP contribution is 2.49. The van der Waals surface area contributed by atoms with Crippen LogP contribution in [-0.2, 0) is 28.7 Å². The summed E-state index contributed by atoms with van der Waals surface area (Å²) in [6.45, 7) is 4.87. The number of ether oxygens (including phenoxy) is 3. The number of rotatable bonds is 11. The molecule has 0 aromatic carbocycles. The third kappa shape index (κ3) is 3.68. The summed E-state index contributed by atoms with van der Waals surface area (Å²) in [5.41, 5.74) is 0.